The van der Waals surface area contributed by atoms with Gasteiger partial charge in [0.05, 0.1) is 11.9 Å². The number of benzene rings is 1. The second-order valence-electron chi connectivity index (χ2n) is 5.55. The van der Waals surface area contributed by atoms with Crippen LogP contribution in [0.15, 0.2) is 30.5 Å². The van der Waals surface area contributed by atoms with E-state index in [4.69, 9.17) is 5.73 Å². The number of nitrogens with zero attached hydrogens (tertiary/aromatic N) is 1. The van der Waals surface area contributed by atoms with Crippen molar-refractivity contribution in [3.05, 3.63) is 30.5 Å². The summed E-state index contributed by atoms with van der Waals surface area (Å²) in [5.74, 6) is 0.846. The molecule has 22 heavy (non-hydrogen) atoms. The molecule has 0 aliphatic heterocycles. The van der Waals surface area contributed by atoms with Gasteiger partial charge in [-0.05, 0) is 25.0 Å². The molecule has 0 unspecified atom stereocenters. The Morgan fingerprint density at radius 3 is 2.64 bits per heavy atom. The summed E-state index contributed by atoms with van der Waals surface area (Å²) in [6, 6.07) is 8.03. The number of aromatic amines is 1. The standard InChI is InChI=1S/C10H12N4.C7H12O/c1-12-8-4-2-3-7(5-8)9-6-13-10(11)14-9;8-6-7-4-2-1-3-5-7/h2-6,12H,1H3,(H3,11,13,14);6-7H,1-5H2. The Morgan fingerprint density at radius 1 is 1.32 bits per heavy atom. The maximum Gasteiger partial charge on any atom is 0.197 e. The van der Waals surface area contributed by atoms with Crippen LogP contribution in [0.1, 0.15) is 32.1 Å². The van der Waals surface area contributed by atoms with E-state index in [1.165, 1.54) is 19.3 Å². The van der Waals surface area contributed by atoms with Crippen molar-refractivity contribution >= 4 is 17.9 Å². The molecule has 1 aliphatic rings. The molecule has 1 aromatic heterocycles. The topological polar surface area (TPSA) is 83.8 Å². The highest BCUT2D eigenvalue weighted by Crippen LogP contribution is 2.21. The van der Waals surface area contributed by atoms with Gasteiger partial charge in [-0.3, -0.25) is 0 Å². The van der Waals surface area contributed by atoms with E-state index < -0.39 is 0 Å². The maximum atomic E-state index is 10.2. The summed E-state index contributed by atoms with van der Waals surface area (Å²) in [7, 11) is 1.89. The highest BCUT2D eigenvalue weighted by atomic mass is 16.1. The van der Waals surface area contributed by atoms with Gasteiger partial charge in [-0.2, -0.15) is 0 Å². The summed E-state index contributed by atoms with van der Waals surface area (Å²) in [5.41, 5.74) is 8.57. The highest BCUT2D eigenvalue weighted by Gasteiger charge is 2.10. The quantitative estimate of drug-likeness (QED) is 0.758. The molecule has 2 aromatic rings. The van der Waals surface area contributed by atoms with E-state index >= 15 is 0 Å². The molecule has 0 radical (unpaired) electrons. The molecule has 0 amide bonds. The Kier molecular flexibility index (Phi) is 6.01. The average molecular weight is 300 g/mol. The van der Waals surface area contributed by atoms with E-state index in [2.05, 4.69) is 15.3 Å². The fourth-order valence-electron chi connectivity index (χ4n) is 2.60. The van der Waals surface area contributed by atoms with Gasteiger partial charge in [0.15, 0.2) is 5.95 Å². The van der Waals surface area contributed by atoms with Gasteiger partial charge in [0.2, 0.25) is 0 Å². The zero-order chi connectivity index (χ0) is 15.8. The number of aromatic nitrogens is 2. The first kappa shape index (κ1) is 16.1. The zero-order valence-corrected chi connectivity index (χ0v) is 13.0. The molecule has 0 atom stereocenters. The van der Waals surface area contributed by atoms with Crippen molar-refractivity contribution in [1.29, 1.82) is 0 Å². The molecule has 0 saturated heterocycles. The summed E-state index contributed by atoms with van der Waals surface area (Å²) < 4.78 is 0. The SMILES string of the molecule is CNc1cccc(-c2cnc(N)[nH]2)c1.O=CC1CCCCC1. The number of hydrogen-bond donors (Lipinski definition) is 3. The molecule has 5 nitrogen and oxygen atoms in total. The Balaban J connectivity index is 0.000000188. The monoisotopic (exact) mass is 300 g/mol. The fraction of sp³-hybridized carbons (Fsp3) is 0.412. The van der Waals surface area contributed by atoms with Crippen LogP contribution in [-0.2, 0) is 4.79 Å². The number of nitrogen functional groups attached to an aromatic ring is 1. The minimum absolute atomic E-state index is 0.406. The van der Waals surface area contributed by atoms with E-state index in [1.807, 2.05) is 31.3 Å². The molecule has 1 heterocycles. The van der Waals surface area contributed by atoms with Gasteiger partial charge in [-0.15, -0.1) is 0 Å². The number of nitrogens with one attached hydrogen (secondary N) is 2. The lowest BCUT2D eigenvalue weighted by Crippen LogP contribution is -2.06. The number of rotatable bonds is 3. The number of nitrogens with two attached hydrogens (primary N) is 1. The molecule has 5 heteroatoms. The smallest absolute Gasteiger partial charge is 0.197 e. The van der Waals surface area contributed by atoms with Gasteiger partial charge in [-0.25, -0.2) is 4.98 Å². The maximum absolute atomic E-state index is 10.2. The van der Waals surface area contributed by atoms with Crippen LogP contribution in [0, 0.1) is 5.92 Å². The molecule has 1 saturated carbocycles. The molecule has 4 N–H and O–H groups in total. The van der Waals surface area contributed by atoms with E-state index in [9.17, 15) is 4.79 Å². The van der Waals surface area contributed by atoms with Crippen LogP contribution in [0.4, 0.5) is 11.6 Å². The van der Waals surface area contributed by atoms with Crippen molar-refractivity contribution in [3.8, 4) is 11.3 Å². The fourth-order valence-corrected chi connectivity index (χ4v) is 2.60. The van der Waals surface area contributed by atoms with Crippen LogP contribution in [0.3, 0.4) is 0 Å². The van der Waals surface area contributed by atoms with Crippen molar-refractivity contribution in [2.24, 2.45) is 5.92 Å². The molecular weight excluding hydrogens is 276 g/mol. The van der Waals surface area contributed by atoms with E-state index in [0.29, 0.717) is 11.9 Å². The molecule has 0 spiro atoms. The van der Waals surface area contributed by atoms with Gasteiger partial charge < -0.3 is 20.8 Å². The van der Waals surface area contributed by atoms with Crippen molar-refractivity contribution in [2.75, 3.05) is 18.1 Å². The highest BCUT2D eigenvalue weighted by molar-refractivity contribution is 5.65. The van der Waals surface area contributed by atoms with Crippen LogP contribution in [0.25, 0.3) is 11.3 Å². The Morgan fingerprint density at radius 2 is 2.09 bits per heavy atom. The van der Waals surface area contributed by atoms with Crippen LogP contribution in [-0.4, -0.2) is 23.3 Å². The average Bonchev–Trinajstić information content (AvgIpc) is 3.03. The first-order valence-corrected chi connectivity index (χ1v) is 7.77. The van der Waals surface area contributed by atoms with Crippen LogP contribution < -0.4 is 11.1 Å². The van der Waals surface area contributed by atoms with Crippen molar-refractivity contribution in [2.45, 2.75) is 32.1 Å². The lowest BCUT2D eigenvalue weighted by Gasteiger charge is -2.14. The Bertz CT molecular complexity index is 588. The van der Waals surface area contributed by atoms with Gasteiger partial charge >= 0.3 is 0 Å². The summed E-state index contributed by atoms with van der Waals surface area (Å²) in [6.45, 7) is 0. The van der Waals surface area contributed by atoms with Gasteiger partial charge in [0.25, 0.3) is 0 Å². The Hall–Kier alpha value is -2.30. The van der Waals surface area contributed by atoms with Crippen molar-refractivity contribution < 1.29 is 4.79 Å². The predicted molar refractivity (Wildman–Crippen MR) is 90.6 cm³/mol. The first-order valence-electron chi connectivity index (χ1n) is 7.77. The third-order valence-corrected chi connectivity index (χ3v) is 3.90. The number of anilines is 2. The number of carbonyl (C=O) groups excluding carboxylic acids is 1. The summed E-state index contributed by atoms with van der Waals surface area (Å²) in [4.78, 5) is 17.1. The number of imidazole rings is 1. The minimum Gasteiger partial charge on any atom is -0.388 e. The van der Waals surface area contributed by atoms with E-state index in [1.54, 1.807) is 6.20 Å². The summed E-state index contributed by atoms with van der Waals surface area (Å²) in [5, 5.41) is 3.08. The molecule has 1 aliphatic carbocycles. The lowest BCUT2D eigenvalue weighted by molar-refractivity contribution is -0.111. The number of aldehydes is 1. The minimum atomic E-state index is 0.406. The second kappa shape index (κ2) is 8.22. The normalized spacial score (nSPS) is 14.8. The third kappa shape index (κ3) is 4.62. The third-order valence-electron chi connectivity index (χ3n) is 3.90. The first-order chi connectivity index (χ1) is 10.7. The van der Waals surface area contributed by atoms with Crippen LogP contribution >= 0.6 is 0 Å². The molecule has 3 rings (SSSR count). The zero-order valence-electron chi connectivity index (χ0n) is 13.0. The van der Waals surface area contributed by atoms with Crippen LogP contribution in [0.2, 0.25) is 0 Å². The summed E-state index contributed by atoms with van der Waals surface area (Å²) >= 11 is 0. The number of carbonyl (C=O) groups is 1. The lowest BCUT2D eigenvalue weighted by atomic mass is 9.91. The van der Waals surface area contributed by atoms with Crippen molar-refractivity contribution in [1.82, 2.24) is 9.97 Å². The number of hydrogen-bond acceptors (Lipinski definition) is 4. The molecule has 1 fully saturated rings. The molecule has 118 valence electrons. The van der Waals surface area contributed by atoms with Crippen LogP contribution in [0.5, 0.6) is 0 Å². The van der Waals surface area contributed by atoms with Gasteiger partial charge in [0.1, 0.15) is 6.29 Å². The second-order valence-corrected chi connectivity index (χ2v) is 5.55. The molecular formula is C17H24N4O. The predicted octanol–water partition coefficient (Wildman–Crippen LogP) is 3.47. The van der Waals surface area contributed by atoms with Gasteiger partial charge in [-0.1, -0.05) is 31.4 Å². The van der Waals surface area contributed by atoms with Gasteiger partial charge in [0, 0.05) is 24.2 Å². The van der Waals surface area contributed by atoms with E-state index in [0.717, 1.165) is 36.1 Å². The molecule has 0 bridgehead atoms. The van der Waals surface area contributed by atoms with E-state index in [-0.39, 0.29) is 0 Å². The Labute approximate surface area is 131 Å². The molecule has 1 aromatic carbocycles. The largest absolute Gasteiger partial charge is 0.388 e. The number of H-pyrrole nitrogens is 1. The summed E-state index contributed by atoms with van der Waals surface area (Å²) in [6.07, 6.45) is 8.99. The van der Waals surface area contributed by atoms with Crippen molar-refractivity contribution in [3.63, 3.8) is 0 Å².